The van der Waals surface area contributed by atoms with Crippen LogP contribution in [0.3, 0.4) is 0 Å². The van der Waals surface area contributed by atoms with Gasteiger partial charge in [-0.05, 0) is 29.2 Å². The molecule has 5 N–H and O–H groups in total. The van der Waals surface area contributed by atoms with Crippen molar-refractivity contribution in [2.24, 2.45) is 11.5 Å². The first-order valence-electron chi connectivity index (χ1n) is 8.16. The van der Waals surface area contributed by atoms with Crippen LogP contribution in [0.5, 0.6) is 0 Å². The SMILES string of the molecule is CC(N)(N)C(=O)OCC1c2ccccc2-c2ccccc21.O=C(O)C(F)(F)F. The van der Waals surface area contributed by atoms with Crippen LogP contribution in [-0.2, 0) is 14.3 Å². The Hall–Kier alpha value is -2.91. The minimum atomic E-state index is -5.08. The summed E-state index contributed by atoms with van der Waals surface area (Å²) in [6.07, 6.45) is -5.08. The molecule has 1 aliphatic rings. The number of aliphatic carboxylic acids is 1. The highest BCUT2D eigenvalue weighted by Gasteiger charge is 2.38. The van der Waals surface area contributed by atoms with Crippen LogP contribution in [0.1, 0.15) is 24.0 Å². The quantitative estimate of drug-likeness (QED) is 0.543. The zero-order valence-electron chi connectivity index (χ0n) is 14.9. The van der Waals surface area contributed by atoms with Crippen LogP contribution in [0.2, 0.25) is 0 Å². The van der Waals surface area contributed by atoms with E-state index in [0.717, 1.165) is 0 Å². The number of carboxylic acids is 1. The number of hydrogen-bond donors (Lipinski definition) is 3. The molecule has 0 bridgehead atoms. The third-order valence-corrected chi connectivity index (χ3v) is 4.03. The summed E-state index contributed by atoms with van der Waals surface area (Å²) in [5, 5.41) is 7.12. The van der Waals surface area contributed by atoms with Crippen molar-refractivity contribution in [1.82, 2.24) is 0 Å². The molecule has 0 aliphatic heterocycles. The summed E-state index contributed by atoms with van der Waals surface area (Å²) < 4.78 is 37.1. The summed E-state index contributed by atoms with van der Waals surface area (Å²) in [6.45, 7) is 1.68. The standard InChI is InChI=1S/C17H18N2O2.C2HF3O2/c1-17(18,19)16(20)21-10-15-13-8-4-2-6-11(13)12-7-3-5-9-14(12)15;3-2(4,5)1(6)7/h2-9,15H,10,18-19H2,1H3;(H,6,7). The third kappa shape index (κ3) is 4.87. The molecule has 9 heteroatoms. The Morgan fingerprint density at radius 1 is 1.00 bits per heavy atom. The van der Waals surface area contributed by atoms with E-state index in [9.17, 15) is 18.0 Å². The Balaban J connectivity index is 0.000000345. The first-order valence-corrected chi connectivity index (χ1v) is 8.16. The largest absolute Gasteiger partial charge is 0.490 e. The number of nitrogens with two attached hydrogens (primary N) is 2. The van der Waals surface area contributed by atoms with E-state index in [4.69, 9.17) is 26.1 Å². The number of benzene rings is 2. The number of esters is 1. The normalized spacial score (nSPS) is 13.1. The molecular formula is C19H19F3N2O4. The maximum absolute atomic E-state index is 11.8. The summed E-state index contributed by atoms with van der Waals surface area (Å²) >= 11 is 0. The van der Waals surface area contributed by atoms with Crippen molar-refractivity contribution in [2.75, 3.05) is 6.61 Å². The van der Waals surface area contributed by atoms with Crippen molar-refractivity contribution in [3.05, 3.63) is 59.7 Å². The molecule has 0 radical (unpaired) electrons. The smallest absolute Gasteiger partial charge is 0.475 e. The van der Waals surface area contributed by atoms with Gasteiger partial charge in [0, 0.05) is 5.92 Å². The number of alkyl halides is 3. The van der Waals surface area contributed by atoms with E-state index in [2.05, 4.69) is 24.3 Å². The number of ether oxygens (including phenoxy) is 1. The van der Waals surface area contributed by atoms with Crippen molar-refractivity contribution in [3.63, 3.8) is 0 Å². The second-order valence-corrected chi connectivity index (χ2v) is 6.41. The van der Waals surface area contributed by atoms with Gasteiger partial charge in [-0.3, -0.25) is 0 Å². The maximum atomic E-state index is 11.8. The fraction of sp³-hybridized carbons (Fsp3) is 0.263. The lowest BCUT2D eigenvalue weighted by Crippen LogP contribution is -2.54. The molecule has 6 nitrogen and oxygen atoms in total. The highest BCUT2D eigenvalue weighted by Crippen LogP contribution is 2.44. The monoisotopic (exact) mass is 396 g/mol. The van der Waals surface area contributed by atoms with Crippen LogP contribution in [0.25, 0.3) is 11.1 Å². The number of halogens is 3. The molecular weight excluding hydrogens is 377 g/mol. The Labute approximate surface area is 158 Å². The highest BCUT2D eigenvalue weighted by atomic mass is 19.4. The number of carbonyl (C=O) groups is 2. The lowest BCUT2D eigenvalue weighted by molar-refractivity contribution is -0.192. The minimum absolute atomic E-state index is 0.0312. The van der Waals surface area contributed by atoms with Crippen LogP contribution in [0.15, 0.2) is 48.5 Å². The highest BCUT2D eigenvalue weighted by molar-refractivity contribution is 5.81. The van der Waals surface area contributed by atoms with E-state index >= 15 is 0 Å². The zero-order chi connectivity index (χ0) is 21.1. The van der Waals surface area contributed by atoms with Crippen LogP contribution in [0.4, 0.5) is 13.2 Å². The first-order chi connectivity index (χ1) is 12.9. The van der Waals surface area contributed by atoms with Crippen molar-refractivity contribution < 1.29 is 32.6 Å². The summed E-state index contributed by atoms with van der Waals surface area (Å²) in [7, 11) is 0. The second kappa shape index (κ2) is 7.99. The summed E-state index contributed by atoms with van der Waals surface area (Å²) in [4.78, 5) is 20.7. The molecule has 0 fully saturated rings. The van der Waals surface area contributed by atoms with Crippen LogP contribution in [-0.4, -0.2) is 35.5 Å². The number of carbonyl (C=O) groups excluding carboxylic acids is 1. The predicted octanol–water partition coefficient (Wildman–Crippen LogP) is 2.61. The molecule has 2 aromatic carbocycles. The van der Waals surface area contributed by atoms with Gasteiger partial charge >= 0.3 is 18.1 Å². The van der Waals surface area contributed by atoms with Gasteiger partial charge in [-0.25, -0.2) is 9.59 Å². The Bertz CT molecular complexity index is 830. The molecule has 150 valence electrons. The van der Waals surface area contributed by atoms with E-state index < -0.39 is 23.8 Å². The van der Waals surface area contributed by atoms with Gasteiger partial charge in [-0.2, -0.15) is 13.2 Å². The molecule has 0 unspecified atom stereocenters. The molecule has 0 heterocycles. The minimum Gasteiger partial charge on any atom is -0.475 e. The van der Waals surface area contributed by atoms with E-state index in [-0.39, 0.29) is 12.5 Å². The average Bonchev–Trinajstić information content (AvgIpc) is 2.92. The maximum Gasteiger partial charge on any atom is 0.490 e. The van der Waals surface area contributed by atoms with Crippen molar-refractivity contribution in [2.45, 2.75) is 24.7 Å². The second-order valence-electron chi connectivity index (χ2n) is 6.41. The Kier molecular flexibility index (Phi) is 6.10. The molecule has 0 atom stereocenters. The van der Waals surface area contributed by atoms with Crippen LogP contribution in [0, 0.1) is 0 Å². The summed E-state index contributed by atoms with van der Waals surface area (Å²) in [6, 6.07) is 16.3. The van der Waals surface area contributed by atoms with Gasteiger partial charge in [0.15, 0.2) is 5.66 Å². The lowest BCUT2D eigenvalue weighted by atomic mass is 9.98. The van der Waals surface area contributed by atoms with E-state index in [1.165, 1.54) is 29.2 Å². The molecule has 0 spiro atoms. The molecule has 1 aliphatic carbocycles. The van der Waals surface area contributed by atoms with Gasteiger partial charge in [0.25, 0.3) is 0 Å². The Morgan fingerprint density at radius 2 is 1.39 bits per heavy atom. The van der Waals surface area contributed by atoms with E-state index in [1.54, 1.807) is 0 Å². The van der Waals surface area contributed by atoms with Crippen molar-refractivity contribution in [1.29, 1.82) is 0 Å². The average molecular weight is 396 g/mol. The zero-order valence-corrected chi connectivity index (χ0v) is 14.9. The predicted molar refractivity (Wildman–Crippen MR) is 95.2 cm³/mol. The number of fused-ring (bicyclic) bond motifs is 3. The van der Waals surface area contributed by atoms with Crippen molar-refractivity contribution >= 4 is 11.9 Å². The first kappa shape index (κ1) is 21.4. The molecule has 0 saturated heterocycles. The van der Waals surface area contributed by atoms with E-state index in [1.807, 2.05) is 24.3 Å². The van der Waals surface area contributed by atoms with Gasteiger partial charge in [-0.1, -0.05) is 48.5 Å². The molecule has 28 heavy (non-hydrogen) atoms. The molecule has 0 amide bonds. The topological polar surface area (TPSA) is 116 Å². The van der Waals surface area contributed by atoms with Crippen molar-refractivity contribution in [3.8, 4) is 11.1 Å². The van der Waals surface area contributed by atoms with Gasteiger partial charge in [0.1, 0.15) is 6.61 Å². The Morgan fingerprint density at radius 3 is 1.75 bits per heavy atom. The van der Waals surface area contributed by atoms with Crippen LogP contribution < -0.4 is 11.5 Å². The fourth-order valence-corrected chi connectivity index (χ4v) is 2.75. The molecule has 0 aromatic heterocycles. The molecule has 0 saturated carbocycles. The van der Waals surface area contributed by atoms with E-state index in [0.29, 0.717) is 0 Å². The van der Waals surface area contributed by atoms with Gasteiger partial charge < -0.3 is 21.3 Å². The third-order valence-electron chi connectivity index (χ3n) is 4.03. The number of carboxylic acid groups (broad SMARTS) is 1. The van der Waals surface area contributed by atoms with Gasteiger partial charge in [-0.15, -0.1) is 0 Å². The van der Waals surface area contributed by atoms with Gasteiger partial charge in [0.2, 0.25) is 0 Å². The summed E-state index contributed by atoms with van der Waals surface area (Å²) in [5.41, 5.74) is 14.4. The molecule has 2 aromatic rings. The van der Waals surface area contributed by atoms with Crippen LogP contribution >= 0.6 is 0 Å². The number of hydrogen-bond acceptors (Lipinski definition) is 5. The van der Waals surface area contributed by atoms with Gasteiger partial charge in [0.05, 0.1) is 0 Å². The fourth-order valence-electron chi connectivity index (χ4n) is 2.75. The lowest BCUT2D eigenvalue weighted by Gasteiger charge is -2.19. The number of rotatable bonds is 3. The summed E-state index contributed by atoms with van der Waals surface area (Å²) in [5.74, 6) is -3.32. The molecule has 3 rings (SSSR count).